The van der Waals surface area contributed by atoms with Crippen molar-refractivity contribution in [3.63, 3.8) is 0 Å². The van der Waals surface area contributed by atoms with E-state index in [0.29, 0.717) is 0 Å². The highest BCUT2D eigenvalue weighted by molar-refractivity contribution is 5.94. The molecule has 2 heterocycles. The molecule has 3 nitrogen and oxygen atoms in total. The van der Waals surface area contributed by atoms with E-state index in [-0.39, 0.29) is 17.3 Å². The average molecular weight is 728 g/mol. The molecule has 4 aromatic carbocycles. The van der Waals surface area contributed by atoms with Gasteiger partial charge in [-0.25, -0.2) is 0 Å². The highest BCUT2D eigenvalue weighted by Crippen LogP contribution is 2.50. The highest BCUT2D eigenvalue weighted by atomic mass is 15.2. The number of para-hydroxylation sites is 1. The van der Waals surface area contributed by atoms with Crippen LogP contribution in [-0.2, 0) is 5.41 Å². The van der Waals surface area contributed by atoms with Crippen LogP contribution in [0.4, 0.5) is 5.69 Å². The molecular formula is C53H49N3. The number of fused-ring (bicyclic) bond motifs is 2. The van der Waals surface area contributed by atoms with E-state index in [2.05, 4.69) is 202 Å². The van der Waals surface area contributed by atoms with Crippen LogP contribution in [0.25, 0.3) is 39.4 Å². The third-order valence-corrected chi connectivity index (χ3v) is 11.7. The summed E-state index contributed by atoms with van der Waals surface area (Å²) in [5.41, 5.74) is 16.4. The van der Waals surface area contributed by atoms with Gasteiger partial charge in [-0.15, -0.1) is 0 Å². The second-order valence-electron chi connectivity index (χ2n) is 15.4. The lowest BCUT2D eigenvalue weighted by Crippen LogP contribution is -2.24. The van der Waals surface area contributed by atoms with E-state index < -0.39 is 0 Å². The van der Waals surface area contributed by atoms with Crippen molar-refractivity contribution >= 4 is 28.2 Å². The van der Waals surface area contributed by atoms with Gasteiger partial charge in [-0.3, -0.25) is 4.98 Å². The smallest absolute Gasteiger partial charge is 0.0537 e. The fraction of sp³-hybridized carbons (Fsp3) is 0.151. The molecule has 0 saturated carbocycles. The summed E-state index contributed by atoms with van der Waals surface area (Å²) in [7, 11) is 0. The Bertz CT molecular complexity index is 2610. The van der Waals surface area contributed by atoms with Gasteiger partial charge in [0.15, 0.2) is 0 Å². The van der Waals surface area contributed by atoms with Gasteiger partial charge in [-0.1, -0.05) is 137 Å². The number of benzene rings is 4. The van der Waals surface area contributed by atoms with E-state index in [1.54, 1.807) is 0 Å². The van der Waals surface area contributed by atoms with Crippen molar-refractivity contribution < 1.29 is 0 Å². The quantitative estimate of drug-likeness (QED) is 0.138. The van der Waals surface area contributed by atoms with E-state index in [1.807, 2.05) is 30.6 Å². The Hall–Kier alpha value is -6.45. The lowest BCUT2D eigenvalue weighted by atomic mass is 9.81. The lowest BCUT2D eigenvalue weighted by Gasteiger charge is -2.33. The lowest BCUT2D eigenvalue weighted by molar-refractivity contribution is 0.628. The van der Waals surface area contributed by atoms with E-state index in [4.69, 9.17) is 0 Å². The first-order chi connectivity index (χ1) is 27.2. The van der Waals surface area contributed by atoms with Crippen LogP contribution >= 0.6 is 0 Å². The molecule has 2 aliphatic rings. The van der Waals surface area contributed by atoms with E-state index >= 15 is 0 Å². The number of hydrogen-bond donors (Lipinski definition) is 0. The second-order valence-corrected chi connectivity index (χ2v) is 15.4. The van der Waals surface area contributed by atoms with Crippen molar-refractivity contribution in [2.75, 3.05) is 4.90 Å². The number of aromatic nitrogens is 2. The van der Waals surface area contributed by atoms with Gasteiger partial charge in [-0.05, 0) is 113 Å². The van der Waals surface area contributed by atoms with Crippen LogP contribution in [0.3, 0.4) is 0 Å². The van der Waals surface area contributed by atoms with Gasteiger partial charge in [0.25, 0.3) is 0 Å². The molecule has 0 N–H and O–H groups in total. The standard InChI is InChI=1S/C53H49N3/c1-8-10-20-48-38(5)55(43-18-12-11-13-19-43)52-30-25-40(33-49(48)52)46-29-28-45(32-36(46)3)56(44-26-23-39(24-27-44)41-17-16-31-54-35-41)42(9-2)34-51-37(4)47-21-14-15-22-50(47)53(51,6)7/h8-36,46H,1,4H2,2-3,5-7H3/b20-10-,42-9+,51-34+. The Morgan fingerprint density at radius 2 is 1.66 bits per heavy atom. The van der Waals surface area contributed by atoms with Crippen LogP contribution in [0.15, 0.2) is 194 Å². The summed E-state index contributed by atoms with van der Waals surface area (Å²) in [4.78, 5) is 6.76. The fourth-order valence-electron chi connectivity index (χ4n) is 8.76. The van der Waals surface area contributed by atoms with E-state index in [1.165, 1.54) is 44.4 Å². The molecule has 0 spiro atoms. The van der Waals surface area contributed by atoms with Gasteiger partial charge in [0.1, 0.15) is 0 Å². The third-order valence-electron chi connectivity index (χ3n) is 11.7. The molecule has 2 aromatic heterocycles. The highest BCUT2D eigenvalue weighted by Gasteiger charge is 2.37. The Morgan fingerprint density at radius 1 is 0.893 bits per heavy atom. The molecule has 0 radical (unpaired) electrons. The predicted molar refractivity (Wildman–Crippen MR) is 239 cm³/mol. The maximum atomic E-state index is 4.61. The third kappa shape index (κ3) is 6.43. The number of allylic oxidation sites excluding steroid dienone is 9. The summed E-state index contributed by atoms with van der Waals surface area (Å²) in [6.07, 6.45) is 21.5. The average Bonchev–Trinajstić information content (AvgIpc) is 3.61. The molecule has 2 aliphatic carbocycles. The zero-order valence-electron chi connectivity index (χ0n) is 33.1. The van der Waals surface area contributed by atoms with Gasteiger partial charge >= 0.3 is 0 Å². The van der Waals surface area contributed by atoms with Crippen LogP contribution in [0.1, 0.15) is 61.6 Å². The first-order valence-corrected chi connectivity index (χ1v) is 19.6. The van der Waals surface area contributed by atoms with Crippen LogP contribution < -0.4 is 4.90 Å². The molecule has 0 saturated heterocycles. The summed E-state index contributed by atoms with van der Waals surface area (Å²) >= 11 is 0. The van der Waals surface area contributed by atoms with Crippen LogP contribution in [-0.4, -0.2) is 9.55 Å². The Balaban J connectivity index is 1.19. The van der Waals surface area contributed by atoms with Crippen molar-refractivity contribution in [3.05, 3.63) is 222 Å². The first kappa shape index (κ1) is 36.5. The van der Waals surface area contributed by atoms with Crippen molar-refractivity contribution in [2.24, 2.45) is 5.92 Å². The van der Waals surface area contributed by atoms with Gasteiger partial charge in [-0.2, -0.15) is 0 Å². The summed E-state index contributed by atoms with van der Waals surface area (Å²) in [5, 5.41) is 1.25. The minimum Gasteiger partial charge on any atom is -0.313 e. The molecule has 0 aliphatic heterocycles. The Kier molecular flexibility index (Phi) is 9.78. The van der Waals surface area contributed by atoms with Crippen molar-refractivity contribution in [1.82, 2.24) is 9.55 Å². The van der Waals surface area contributed by atoms with Crippen LogP contribution in [0, 0.1) is 12.8 Å². The molecule has 6 aromatic rings. The molecule has 0 fully saturated rings. The molecule has 2 unspecified atom stereocenters. The second kappa shape index (κ2) is 15.0. The van der Waals surface area contributed by atoms with Crippen molar-refractivity contribution in [1.29, 1.82) is 0 Å². The first-order valence-electron chi connectivity index (χ1n) is 19.6. The molecule has 0 amide bonds. The molecule has 8 rings (SSSR count). The van der Waals surface area contributed by atoms with Gasteiger partial charge in [0.05, 0.1) is 5.52 Å². The Morgan fingerprint density at radius 3 is 2.36 bits per heavy atom. The largest absolute Gasteiger partial charge is 0.313 e. The normalized spacial score (nSPS) is 18.4. The number of nitrogens with zero attached hydrogens (tertiary/aromatic N) is 3. The van der Waals surface area contributed by atoms with E-state index in [9.17, 15) is 0 Å². The van der Waals surface area contributed by atoms with Crippen LogP contribution in [0.5, 0.6) is 0 Å². The molecule has 2 atom stereocenters. The molecular weight excluding hydrogens is 679 g/mol. The van der Waals surface area contributed by atoms with E-state index in [0.717, 1.165) is 39.5 Å². The summed E-state index contributed by atoms with van der Waals surface area (Å²) in [6.45, 7) is 19.9. The molecule has 3 heteroatoms. The SMILES string of the molecule is C=C/C=C\c1c(C)n(-c2ccccc2)c2ccc(C3C=CC(N(C(/C=C4\C(=C)c5ccccc5C4(C)C)=C/C)c4ccc(-c5cccnc5)cc4)=CC3C)cc12. The van der Waals surface area contributed by atoms with Gasteiger partial charge < -0.3 is 9.47 Å². The van der Waals surface area contributed by atoms with Crippen molar-refractivity contribution in [2.45, 2.75) is 46.0 Å². The zero-order valence-corrected chi connectivity index (χ0v) is 33.1. The number of pyridine rings is 1. The Labute approximate surface area is 332 Å². The monoisotopic (exact) mass is 727 g/mol. The maximum Gasteiger partial charge on any atom is 0.0537 e. The summed E-state index contributed by atoms with van der Waals surface area (Å²) < 4.78 is 2.36. The zero-order chi connectivity index (χ0) is 39.0. The summed E-state index contributed by atoms with van der Waals surface area (Å²) in [6, 6.07) is 39.3. The van der Waals surface area contributed by atoms with Gasteiger partial charge in [0, 0.05) is 63.1 Å². The fourth-order valence-corrected chi connectivity index (χ4v) is 8.76. The molecule has 56 heavy (non-hydrogen) atoms. The van der Waals surface area contributed by atoms with Crippen molar-refractivity contribution in [3.8, 4) is 16.8 Å². The minimum atomic E-state index is -0.177. The number of rotatable bonds is 9. The van der Waals surface area contributed by atoms with Crippen LogP contribution in [0.2, 0.25) is 0 Å². The minimum absolute atomic E-state index is 0.177. The predicted octanol–water partition coefficient (Wildman–Crippen LogP) is 13.7. The van der Waals surface area contributed by atoms with Gasteiger partial charge in [0.2, 0.25) is 0 Å². The summed E-state index contributed by atoms with van der Waals surface area (Å²) in [5.74, 6) is 0.451. The topological polar surface area (TPSA) is 21.1 Å². The number of anilines is 1. The maximum absolute atomic E-state index is 4.61. The molecule has 0 bridgehead atoms. The number of hydrogen-bond acceptors (Lipinski definition) is 2. The molecule has 276 valence electrons.